The molecule has 0 fully saturated rings. The summed E-state index contributed by atoms with van der Waals surface area (Å²) >= 11 is 0. The summed E-state index contributed by atoms with van der Waals surface area (Å²) < 4.78 is 21.7. The molecule has 3 aromatic rings. The van der Waals surface area contributed by atoms with Crippen LogP contribution in [0.2, 0.25) is 0 Å². The second kappa shape index (κ2) is 9.30. The minimum atomic E-state index is -0.499. The normalized spacial score (nSPS) is 10.5. The fourth-order valence-corrected chi connectivity index (χ4v) is 2.90. The van der Waals surface area contributed by atoms with Gasteiger partial charge in [-0.1, -0.05) is 17.7 Å². The lowest BCUT2D eigenvalue weighted by atomic mass is 10.0. The minimum Gasteiger partial charge on any atom is -0.488 e. The third-order valence-corrected chi connectivity index (χ3v) is 4.23. The van der Waals surface area contributed by atoms with Gasteiger partial charge in [-0.05, 0) is 37.6 Å². The number of benzene rings is 2. The number of allylic oxidation sites excluding steroid dienone is 1. The maximum atomic E-state index is 13.3. The van der Waals surface area contributed by atoms with E-state index in [1.807, 2.05) is 19.9 Å². The van der Waals surface area contributed by atoms with Gasteiger partial charge < -0.3 is 18.6 Å². The summed E-state index contributed by atoms with van der Waals surface area (Å²) in [4.78, 5) is 35.8. The van der Waals surface area contributed by atoms with E-state index >= 15 is 0 Å². The van der Waals surface area contributed by atoms with Crippen molar-refractivity contribution in [2.75, 3.05) is 6.61 Å². The molecule has 0 bridgehead atoms. The van der Waals surface area contributed by atoms with E-state index < -0.39 is 11.9 Å². The molecule has 0 N–H and O–H groups in total. The number of esters is 2. The maximum Gasteiger partial charge on any atom is 0.308 e. The third kappa shape index (κ3) is 5.39. The van der Waals surface area contributed by atoms with E-state index in [0.717, 1.165) is 5.57 Å². The number of hydrogen-bond donors (Lipinski definition) is 0. The van der Waals surface area contributed by atoms with Gasteiger partial charge in [0.15, 0.2) is 0 Å². The molecule has 7 nitrogen and oxygen atoms in total. The summed E-state index contributed by atoms with van der Waals surface area (Å²) in [7, 11) is 0. The van der Waals surface area contributed by atoms with Crippen LogP contribution in [0, 0.1) is 0 Å². The summed E-state index contributed by atoms with van der Waals surface area (Å²) in [6, 6.07) is 9.47. The van der Waals surface area contributed by atoms with Crippen LogP contribution < -0.4 is 19.6 Å². The number of hydrogen-bond acceptors (Lipinski definition) is 7. The van der Waals surface area contributed by atoms with E-state index in [1.54, 1.807) is 24.3 Å². The first kappa shape index (κ1) is 21.8. The van der Waals surface area contributed by atoms with Gasteiger partial charge >= 0.3 is 11.9 Å². The molecule has 0 saturated heterocycles. The Morgan fingerprint density at radius 2 is 1.58 bits per heavy atom. The first-order valence-corrected chi connectivity index (χ1v) is 9.57. The molecule has 0 amide bonds. The zero-order valence-corrected chi connectivity index (χ0v) is 17.7. The van der Waals surface area contributed by atoms with Crippen LogP contribution in [0.15, 0.2) is 63.5 Å². The van der Waals surface area contributed by atoms with Crippen LogP contribution in [-0.2, 0) is 9.59 Å². The Kier molecular flexibility index (Phi) is 6.55. The second-order valence-corrected chi connectivity index (χ2v) is 7.08. The van der Waals surface area contributed by atoms with Gasteiger partial charge in [0.2, 0.25) is 5.43 Å². The predicted octanol–water partition coefficient (Wildman–Crippen LogP) is 4.66. The van der Waals surface area contributed by atoms with Crippen molar-refractivity contribution in [1.29, 1.82) is 0 Å². The molecule has 0 spiro atoms. The van der Waals surface area contributed by atoms with Crippen LogP contribution in [0.25, 0.3) is 22.1 Å². The number of carbonyl (C=O) groups excluding carboxylic acids is 2. The van der Waals surface area contributed by atoms with E-state index in [2.05, 4.69) is 0 Å². The molecule has 3 rings (SSSR count). The van der Waals surface area contributed by atoms with Gasteiger partial charge in [0.1, 0.15) is 41.1 Å². The van der Waals surface area contributed by atoms with Crippen LogP contribution in [-0.4, -0.2) is 18.5 Å². The average Bonchev–Trinajstić information content (AvgIpc) is 2.67. The molecule has 0 radical (unpaired) electrons. The molecule has 0 unspecified atom stereocenters. The molecule has 0 aliphatic heterocycles. The molecule has 0 aliphatic rings. The zero-order chi connectivity index (χ0) is 22.5. The summed E-state index contributed by atoms with van der Waals surface area (Å²) in [5.41, 5.74) is 1.89. The van der Waals surface area contributed by atoms with Crippen molar-refractivity contribution < 1.29 is 28.2 Å². The van der Waals surface area contributed by atoms with Crippen LogP contribution in [0.5, 0.6) is 17.2 Å². The molecule has 160 valence electrons. The van der Waals surface area contributed by atoms with Crippen molar-refractivity contribution in [3.63, 3.8) is 0 Å². The Bertz CT molecular complexity index is 1210. The van der Waals surface area contributed by atoms with Crippen LogP contribution in [0.3, 0.4) is 0 Å². The van der Waals surface area contributed by atoms with Gasteiger partial charge in [0, 0.05) is 26.0 Å². The highest BCUT2D eigenvalue weighted by molar-refractivity contribution is 5.89. The lowest BCUT2D eigenvalue weighted by Gasteiger charge is -2.11. The number of carbonyl (C=O) groups is 2. The lowest BCUT2D eigenvalue weighted by molar-refractivity contribution is -0.132. The average molecular weight is 422 g/mol. The van der Waals surface area contributed by atoms with Crippen molar-refractivity contribution in [2.24, 2.45) is 0 Å². The van der Waals surface area contributed by atoms with Crippen molar-refractivity contribution >= 4 is 22.9 Å². The molecule has 1 aromatic heterocycles. The molecule has 0 saturated carbocycles. The van der Waals surface area contributed by atoms with E-state index in [0.29, 0.717) is 16.9 Å². The Morgan fingerprint density at radius 1 is 0.935 bits per heavy atom. The van der Waals surface area contributed by atoms with Crippen molar-refractivity contribution in [3.05, 3.63) is 64.5 Å². The largest absolute Gasteiger partial charge is 0.488 e. The standard InChI is InChI=1S/C24H22O7/c1-14(2)9-10-28-21-11-19(31-16(4)26)12-22-23(21)24(27)20(13-29-22)17-5-7-18(8-6-17)30-15(3)25/h5-9,11-13H,10H2,1-4H3. The number of ether oxygens (including phenoxy) is 3. The highest BCUT2D eigenvalue weighted by Gasteiger charge is 2.17. The Hall–Kier alpha value is -3.87. The fourth-order valence-electron chi connectivity index (χ4n) is 2.90. The monoisotopic (exact) mass is 422 g/mol. The van der Waals surface area contributed by atoms with E-state index in [-0.39, 0.29) is 34.5 Å². The van der Waals surface area contributed by atoms with Crippen molar-refractivity contribution in [2.45, 2.75) is 27.7 Å². The first-order chi connectivity index (χ1) is 14.7. The van der Waals surface area contributed by atoms with E-state index in [4.69, 9.17) is 18.6 Å². The third-order valence-electron chi connectivity index (χ3n) is 4.23. The van der Waals surface area contributed by atoms with Gasteiger partial charge in [-0.2, -0.15) is 0 Å². The summed E-state index contributed by atoms with van der Waals surface area (Å²) in [6.07, 6.45) is 3.20. The van der Waals surface area contributed by atoms with E-state index in [1.165, 1.54) is 32.2 Å². The molecule has 31 heavy (non-hydrogen) atoms. The number of rotatable bonds is 6. The first-order valence-electron chi connectivity index (χ1n) is 9.57. The topological polar surface area (TPSA) is 92.0 Å². The van der Waals surface area contributed by atoms with Gasteiger partial charge in [-0.15, -0.1) is 0 Å². The zero-order valence-electron chi connectivity index (χ0n) is 17.7. The highest BCUT2D eigenvalue weighted by atomic mass is 16.5. The fraction of sp³-hybridized carbons (Fsp3) is 0.208. The van der Waals surface area contributed by atoms with Gasteiger partial charge in [0.25, 0.3) is 0 Å². The molecule has 0 aliphatic carbocycles. The highest BCUT2D eigenvalue weighted by Crippen LogP contribution is 2.32. The van der Waals surface area contributed by atoms with Crippen molar-refractivity contribution in [3.8, 4) is 28.4 Å². The SMILES string of the molecule is CC(=O)Oc1ccc(-c2coc3cc(OC(C)=O)cc(OCC=C(C)C)c3c2=O)cc1. The van der Waals surface area contributed by atoms with E-state index in [9.17, 15) is 14.4 Å². The number of fused-ring (bicyclic) bond motifs is 1. The van der Waals surface area contributed by atoms with Crippen molar-refractivity contribution in [1.82, 2.24) is 0 Å². The summed E-state index contributed by atoms with van der Waals surface area (Å²) in [6.45, 7) is 6.70. The maximum absolute atomic E-state index is 13.3. The van der Waals surface area contributed by atoms with Gasteiger partial charge in [-0.25, -0.2) is 0 Å². The molecule has 2 aromatic carbocycles. The predicted molar refractivity (Wildman–Crippen MR) is 115 cm³/mol. The molecule has 1 heterocycles. The molecule has 0 atom stereocenters. The van der Waals surface area contributed by atoms with Gasteiger partial charge in [-0.3, -0.25) is 14.4 Å². The van der Waals surface area contributed by atoms with Crippen LogP contribution in [0.4, 0.5) is 0 Å². The molecular formula is C24H22O7. The smallest absolute Gasteiger partial charge is 0.308 e. The Morgan fingerprint density at radius 3 is 2.19 bits per heavy atom. The van der Waals surface area contributed by atoms with Crippen LogP contribution >= 0.6 is 0 Å². The van der Waals surface area contributed by atoms with Crippen LogP contribution in [0.1, 0.15) is 27.7 Å². The minimum absolute atomic E-state index is 0.217. The summed E-state index contributed by atoms with van der Waals surface area (Å²) in [5, 5.41) is 0.236. The lowest BCUT2D eigenvalue weighted by Crippen LogP contribution is -2.09. The summed E-state index contributed by atoms with van der Waals surface area (Å²) in [5.74, 6) is -0.0912. The molecular weight excluding hydrogens is 400 g/mol. The molecule has 7 heteroatoms. The van der Waals surface area contributed by atoms with Gasteiger partial charge in [0.05, 0.1) is 5.56 Å². The quantitative estimate of drug-likeness (QED) is 0.324. The Balaban J connectivity index is 2.10. The second-order valence-electron chi connectivity index (χ2n) is 7.08. The Labute approximate surface area is 178 Å².